The van der Waals surface area contributed by atoms with Gasteiger partial charge in [0.15, 0.2) is 5.69 Å². The molecule has 0 fully saturated rings. The van der Waals surface area contributed by atoms with Crippen LogP contribution in [-0.2, 0) is 17.8 Å². The summed E-state index contributed by atoms with van der Waals surface area (Å²) in [5.74, 6) is -0.326. The molecule has 3 rings (SSSR count). The van der Waals surface area contributed by atoms with Gasteiger partial charge in [0.1, 0.15) is 0 Å². The second-order valence-electron chi connectivity index (χ2n) is 5.96. The SMILES string of the molecule is CC(=O)Nc1cccc(C(C)NC(=O)c2n[nH]c3c2CNCC3)c1.Cl. The van der Waals surface area contributed by atoms with E-state index in [1.807, 2.05) is 31.2 Å². The van der Waals surface area contributed by atoms with Gasteiger partial charge in [-0.25, -0.2) is 0 Å². The van der Waals surface area contributed by atoms with E-state index in [0.29, 0.717) is 17.9 Å². The molecule has 0 spiro atoms. The smallest absolute Gasteiger partial charge is 0.272 e. The van der Waals surface area contributed by atoms with Crippen LogP contribution in [0.15, 0.2) is 24.3 Å². The molecule has 0 aliphatic carbocycles. The van der Waals surface area contributed by atoms with E-state index in [0.717, 1.165) is 29.8 Å². The summed E-state index contributed by atoms with van der Waals surface area (Å²) in [7, 11) is 0. The van der Waals surface area contributed by atoms with Gasteiger partial charge in [-0.1, -0.05) is 12.1 Å². The lowest BCUT2D eigenvalue weighted by Gasteiger charge is -2.16. The maximum Gasteiger partial charge on any atom is 0.272 e. The van der Waals surface area contributed by atoms with Crippen molar-refractivity contribution in [2.45, 2.75) is 32.9 Å². The number of hydrogen-bond donors (Lipinski definition) is 4. The number of rotatable bonds is 4. The molecule has 134 valence electrons. The van der Waals surface area contributed by atoms with Crippen molar-refractivity contribution in [2.75, 3.05) is 11.9 Å². The first-order chi connectivity index (χ1) is 11.5. The lowest BCUT2D eigenvalue weighted by atomic mass is 10.1. The Bertz CT molecular complexity index is 774. The van der Waals surface area contributed by atoms with Gasteiger partial charge < -0.3 is 16.0 Å². The minimum atomic E-state index is -0.200. The molecule has 2 aromatic rings. The molecular weight excluding hydrogens is 342 g/mol. The second kappa shape index (κ2) is 8.13. The molecule has 0 saturated heterocycles. The third kappa shape index (κ3) is 4.37. The van der Waals surface area contributed by atoms with Gasteiger partial charge in [0, 0.05) is 43.4 Å². The van der Waals surface area contributed by atoms with Gasteiger partial charge in [0.2, 0.25) is 5.91 Å². The van der Waals surface area contributed by atoms with Crippen LogP contribution in [0.3, 0.4) is 0 Å². The summed E-state index contributed by atoms with van der Waals surface area (Å²) >= 11 is 0. The van der Waals surface area contributed by atoms with Gasteiger partial charge in [-0.2, -0.15) is 5.10 Å². The van der Waals surface area contributed by atoms with E-state index in [1.54, 1.807) is 0 Å². The van der Waals surface area contributed by atoms with Crippen molar-refractivity contribution in [2.24, 2.45) is 0 Å². The fourth-order valence-electron chi connectivity index (χ4n) is 2.85. The summed E-state index contributed by atoms with van der Waals surface area (Å²) in [5.41, 5.74) is 4.04. The monoisotopic (exact) mass is 363 g/mol. The van der Waals surface area contributed by atoms with E-state index in [4.69, 9.17) is 0 Å². The number of aromatic amines is 1. The first kappa shape index (κ1) is 19.0. The van der Waals surface area contributed by atoms with Crippen LogP contribution in [0.1, 0.15) is 47.2 Å². The quantitative estimate of drug-likeness (QED) is 0.667. The van der Waals surface area contributed by atoms with Crippen molar-refractivity contribution in [3.05, 3.63) is 46.8 Å². The fourth-order valence-corrected chi connectivity index (χ4v) is 2.85. The Morgan fingerprint density at radius 3 is 2.88 bits per heavy atom. The van der Waals surface area contributed by atoms with Gasteiger partial charge >= 0.3 is 0 Å². The molecule has 1 unspecified atom stereocenters. The molecule has 25 heavy (non-hydrogen) atoms. The van der Waals surface area contributed by atoms with Crippen molar-refractivity contribution in [1.82, 2.24) is 20.8 Å². The molecule has 1 aliphatic rings. The van der Waals surface area contributed by atoms with Crippen LogP contribution in [0.4, 0.5) is 5.69 Å². The molecule has 0 saturated carbocycles. The molecule has 4 N–H and O–H groups in total. The van der Waals surface area contributed by atoms with Gasteiger partial charge in [0.05, 0.1) is 6.04 Å². The minimum absolute atomic E-state index is 0. The summed E-state index contributed by atoms with van der Waals surface area (Å²) in [6.45, 7) is 4.92. The minimum Gasteiger partial charge on any atom is -0.344 e. The topological polar surface area (TPSA) is 98.9 Å². The van der Waals surface area contributed by atoms with E-state index in [-0.39, 0.29) is 30.3 Å². The fraction of sp³-hybridized carbons (Fsp3) is 0.353. The first-order valence-corrected chi connectivity index (χ1v) is 8.00. The Balaban J connectivity index is 0.00000225. The number of carbonyl (C=O) groups is 2. The van der Waals surface area contributed by atoms with Crippen LogP contribution in [0.2, 0.25) is 0 Å². The molecule has 7 nitrogen and oxygen atoms in total. The van der Waals surface area contributed by atoms with Crippen molar-refractivity contribution < 1.29 is 9.59 Å². The molecule has 0 radical (unpaired) electrons. The molecule has 2 amide bonds. The third-order valence-electron chi connectivity index (χ3n) is 4.08. The van der Waals surface area contributed by atoms with Gasteiger partial charge in [-0.05, 0) is 24.6 Å². The van der Waals surface area contributed by atoms with E-state index in [2.05, 4.69) is 26.1 Å². The van der Waals surface area contributed by atoms with Crippen LogP contribution in [-0.4, -0.2) is 28.6 Å². The maximum atomic E-state index is 12.5. The number of anilines is 1. The van der Waals surface area contributed by atoms with E-state index >= 15 is 0 Å². The Hall–Kier alpha value is -2.38. The van der Waals surface area contributed by atoms with Crippen LogP contribution < -0.4 is 16.0 Å². The summed E-state index contributed by atoms with van der Waals surface area (Å²) in [6.07, 6.45) is 0.851. The van der Waals surface area contributed by atoms with E-state index in [1.165, 1.54) is 6.92 Å². The Kier molecular flexibility index (Phi) is 6.17. The average molecular weight is 364 g/mol. The van der Waals surface area contributed by atoms with Crippen LogP contribution in [0.5, 0.6) is 0 Å². The van der Waals surface area contributed by atoms with Gasteiger partial charge in [-0.15, -0.1) is 12.4 Å². The van der Waals surface area contributed by atoms with Gasteiger partial charge in [-0.3, -0.25) is 14.7 Å². The highest BCUT2D eigenvalue weighted by atomic mass is 35.5. The summed E-state index contributed by atoms with van der Waals surface area (Å²) in [4.78, 5) is 23.7. The lowest BCUT2D eigenvalue weighted by molar-refractivity contribution is -0.114. The highest BCUT2D eigenvalue weighted by Crippen LogP contribution is 2.20. The number of nitrogens with zero attached hydrogens (tertiary/aromatic N) is 1. The van der Waals surface area contributed by atoms with Crippen molar-refractivity contribution in [3.8, 4) is 0 Å². The van der Waals surface area contributed by atoms with Crippen molar-refractivity contribution in [3.63, 3.8) is 0 Å². The number of carbonyl (C=O) groups excluding carboxylic acids is 2. The molecule has 8 heteroatoms. The zero-order chi connectivity index (χ0) is 17.1. The standard InChI is InChI=1S/C17H21N5O2.ClH/c1-10(12-4-3-5-13(8-12)20-11(2)23)19-17(24)16-14-9-18-7-6-15(14)21-22-16;/h3-5,8,10,18H,6-7,9H2,1-2H3,(H,19,24)(H,20,23)(H,21,22);1H. The van der Waals surface area contributed by atoms with Crippen LogP contribution in [0.25, 0.3) is 0 Å². The first-order valence-electron chi connectivity index (χ1n) is 8.00. The van der Waals surface area contributed by atoms with Crippen molar-refractivity contribution >= 4 is 29.9 Å². The largest absolute Gasteiger partial charge is 0.344 e. The Labute approximate surface area is 152 Å². The number of nitrogens with one attached hydrogen (secondary N) is 4. The Morgan fingerprint density at radius 2 is 2.12 bits per heavy atom. The van der Waals surface area contributed by atoms with E-state index < -0.39 is 0 Å². The third-order valence-corrected chi connectivity index (χ3v) is 4.08. The predicted octanol–water partition coefficient (Wildman–Crippen LogP) is 1.93. The normalized spacial score (nSPS) is 14.0. The number of fused-ring (bicyclic) bond motifs is 1. The summed E-state index contributed by atoms with van der Waals surface area (Å²) < 4.78 is 0. The number of halogens is 1. The second-order valence-corrected chi connectivity index (χ2v) is 5.96. The number of aromatic nitrogens is 2. The molecule has 1 aromatic heterocycles. The highest BCUT2D eigenvalue weighted by Gasteiger charge is 2.22. The molecular formula is C17H22ClN5O2. The summed E-state index contributed by atoms with van der Waals surface area (Å²) in [5, 5.41) is 16.1. The van der Waals surface area contributed by atoms with Crippen LogP contribution in [0, 0.1) is 0 Å². The zero-order valence-electron chi connectivity index (χ0n) is 14.2. The molecule has 1 aliphatic heterocycles. The molecule has 2 heterocycles. The van der Waals surface area contributed by atoms with Crippen molar-refractivity contribution in [1.29, 1.82) is 0 Å². The number of amides is 2. The predicted molar refractivity (Wildman–Crippen MR) is 97.9 cm³/mol. The number of H-pyrrole nitrogens is 1. The highest BCUT2D eigenvalue weighted by molar-refractivity contribution is 5.94. The zero-order valence-corrected chi connectivity index (χ0v) is 15.0. The molecule has 0 bridgehead atoms. The lowest BCUT2D eigenvalue weighted by Crippen LogP contribution is -2.30. The number of hydrogen-bond acceptors (Lipinski definition) is 4. The van der Waals surface area contributed by atoms with Crippen LogP contribution >= 0.6 is 12.4 Å². The molecule has 1 atom stereocenters. The average Bonchev–Trinajstić information content (AvgIpc) is 2.98. The maximum absolute atomic E-state index is 12.5. The number of benzene rings is 1. The summed E-state index contributed by atoms with van der Waals surface area (Å²) in [6, 6.07) is 7.24. The van der Waals surface area contributed by atoms with Gasteiger partial charge in [0.25, 0.3) is 5.91 Å². The Morgan fingerprint density at radius 1 is 1.32 bits per heavy atom. The van der Waals surface area contributed by atoms with E-state index in [9.17, 15) is 9.59 Å². The molecule has 1 aromatic carbocycles.